The molecule has 1 heteroatoms. The number of ether oxygens (including phenoxy) is 1. The largest absolute Gasteiger partial charge is 0.379 e. The van der Waals surface area contributed by atoms with E-state index in [4.69, 9.17) is 4.74 Å². The van der Waals surface area contributed by atoms with Gasteiger partial charge in [0.1, 0.15) is 0 Å². The molecule has 61 valence electrons. The van der Waals surface area contributed by atoms with Gasteiger partial charge in [0.2, 0.25) is 0 Å². The van der Waals surface area contributed by atoms with Gasteiger partial charge in [-0.15, -0.1) is 0 Å². The molecule has 0 amide bonds. The normalized spacial score (nSPS) is 10.2. The second-order valence-corrected chi connectivity index (χ2v) is 2.68. The third-order valence-corrected chi connectivity index (χ3v) is 1.64. The zero-order valence-corrected chi connectivity index (χ0v) is 7.07. The number of hydrogen-bond acceptors (Lipinski definition) is 1. The molecule has 0 aliphatic heterocycles. The topological polar surface area (TPSA) is 9.23 Å². The second-order valence-electron chi connectivity index (χ2n) is 2.68. The first-order valence-corrected chi connectivity index (χ1v) is 4.28. The fourth-order valence-corrected chi connectivity index (χ4v) is 0.984. The van der Waals surface area contributed by atoms with Crippen LogP contribution in [0.2, 0.25) is 0 Å². The first-order valence-electron chi connectivity index (χ1n) is 4.28. The predicted molar refractivity (Wildman–Crippen MR) is 44.7 cm³/mol. The lowest BCUT2D eigenvalue weighted by Gasteiger charge is -1.98. The van der Waals surface area contributed by atoms with Crippen molar-refractivity contribution in [2.45, 2.75) is 45.4 Å². The monoisotopic (exact) mass is 143 g/mol. The van der Waals surface area contributed by atoms with Gasteiger partial charge in [-0.1, -0.05) is 39.0 Å². The molecule has 1 radical (unpaired) electrons. The van der Waals surface area contributed by atoms with Gasteiger partial charge in [-0.3, -0.25) is 0 Å². The Hall–Kier alpha value is -0.0400. The minimum absolute atomic E-state index is 0.826. The van der Waals surface area contributed by atoms with Gasteiger partial charge in [-0.05, 0) is 6.42 Å². The Labute approximate surface area is 64.8 Å². The van der Waals surface area contributed by atoms with Crippen LogP contribution < -0.4 is 0 Å². The summed E-state index contributed by atoms with van der Waals surface area (Å²) in [5, 5.41) is 0. The lowest BCUT2D eigenvalue weighted by Crippen LogP contribution is -1.86. The number of hydrogen-bond donors (Lipinski definition) is 0. The van der Waals surface area contributed by atoms with Crippen molar-refractivity contribution >= 4 is 0 Å². The molecule has 0 rings (SSSR count). The molecule has 0 aliphatic rings. The van der Waals surface area contributed by atoms with E-state index in [0.717, 1.165) is 6.61 Å². The summed E-state index contributed by atoms with van der Waals surface area (Å²) in [5.41, 5.74) is 0. The van der Waals surface area contributed by atoms with Crippen LogP contribution in [0, 0.1) is 7.11 Å². The molecule has 0 unspecified atom stereocenters. The Bertz CT molecular complexity index is 44.7. The summed E-state index contributed by atoms with van der Waals surface area (Å²) in [5.74, 6) is 0. The van der Waals surface area contributed by atoms with E-state index in [-0.39, 0.29) is 0 Å². The van der Waals surface area contributed by atoms with E-state index >= 15 is 0 Å². The zero-order chi connectivity index (χ0) is 7.66. The van der Waals surface area contributed by atoms with Crippen molar-refractivity contribution in [2.75, 3.05) is 6.61 Å². The molecule has 0 fully saturated rings. The lowest BCUT2D eigenvalue weighted by atomic mass is 10.1. The Balaban J connectivity index is 2.65. The molecule has 0 aromatic carbocycles. The summed E-state index contributed by atoms with van der Waals surface area (Å²) in [7, 11) is 3.32. The molecular weight excluding hydrogens is 124 g/mol. The first-order chi connectivity index (χ1) is 4.91. The van der Waals surface area contributed by atoms with Crippen LogP contribution in [0.25, 0.3) is 0 Å². The SMILES string of the molecule is [CH2]OCCCCCCCC. The van der Waals surface area contributed by atoms with E-state index in [1.54, 1.807) is 0 Å². The molecule has 0 aromatic rings. The maximum absolute atomic E-state index is 4.70. The van der Waals surface area contributed by atoms with Crippen LogP contribution in [-0.4, -0.2) is 6.61 Å². The van der Waals surface area contributed by atoms with Crippen molar-refractivity contribution in [3.05, 3.63) is 7.11 Å². The molecule has 0 N–H and O–H groups in total. The highest BCUT2D eigenvalue weighted by Gasteiger charge is 1.87. The number of rotatable bonds is 7. The van der Waals surface area contributed by atoms with Gasteiger partial charge in [0.25, 0.3) is 0 Å². The van der Waals surface area contributed by atoms with Crippen LogP contribution in [-0.2, 0) is 4.74 Å². The van der Waals surface area contributed by atoms with Crippen LogP contribution >= 0.6 is 0 Å². The minimum atomic E-state index is 0.826. The highest BCUT2D eigenvalue weighted by Crippen LogP contribution is 2.04. The highest BCUT2D eigenvalue weighted by molar-refractivity contribution is 4.42. The predicted octanol–water partition coefficient (Wildman–Crippen LogP) is 3.16. The van der Waals surface area contributed by atoms with Gasteiger partial charge < -0.3 is 4.74 Å². The summed E-state index contributed by atoms with van der Waals surface area (Å²) in [4.78, 5) is 0. The average molecular weight is 143 g/mol. The summed E-state index contributed by atoms with van der Waals surface area (Å²) in [6.45, 7) is 3.06. The van der Waals surface area contributed by atoms with Crippen LogP contribution in [0.15, 0.2) is 0 Å². The van der Waals surface area contributed by atoms with E-state index in [9.17, 15) is 0 Å². The summed E-state index contributed by atoms with van der Waals surface area (Å²) < 4.78 is 4.70. The summed E-state index contributed by atoms with van der Waals surface area (Å²) in [6.07, 6.45) is 7.92. The third-order valence-electron chi connectivity index (χ3n) is 1.64. The minimum Gasteiger partial charge on any atom is -0.379 e. The van der Waals surface area contributed by atoms with Gasteiger partial charge in [0.15, 0.2) is 0 Å². The van der Waals surface area contributed by atoms with E-state index in [0.29, 0.717) is 0 Å². The molecule has 0 aromatic heterocycles. The van der Waals surface area contributed by atoms with Crippen LogP contribution in [0.5, 0.6) is 0 Å². The Morgan fingerprint density at radius 2 is 1.60 bits per heavy atom. The van der Waals surface area contributed by atoms with Crippen molar-refractivity contribution in [2.24, 2.45) is 0 Å². The molecule has 0 saturated heterocycles. The van der Waals surface area contributed by atoms with Crippen molar-refractivity contribution in [1.29, 1.82) is 0 Å². The van der Waals surface area contributed by atoms with E-state index < -0.39 is 0 Å². The first kappa shape index (κ1) is 9.96. The van der Waals surface area contributed by atoms with Crippen molar-refractivity contribution < 1.29 is 4.74 Å². The third kappa shape index (κ3) is 7.96. The van der Waals surface area contributed by atoms with Gasteiger partial charge in [0.05, 0.1) is 7.11 Å². The van der Waals surface area contributed by atoms with Crippen molar-refractivity contribution in [3.63, 3.8) is 0 Å². The zero-order valence-electron chi connectivity index (χ0n) is 7.07. The van der Waals surface area contributed by atoms with E-state index in [1.165, 1.54) is 38.5 Å². The van der Waals surface area contributed by atoms with Gasteiger partial charge in [-0.25, -0.2) is 0 Å². The molecule has 0 spiro atoms. The molecule has 10 heavy (non-hydrogen) atoms. The fourth-order valence-electron chi connectivity index (χ4n) is 0.984. The Morgan fingerprint density at radius 3 is 2.20 bits per heavy atom. The highest BCUT2D eigenvalue weighted by atomic mass is 16.5. The van der Waals surface area contributed by atoms with Gasteiger partial charge in [-0.2, -0.15) is 0 Å². The molecule has 0 heterocycles. The van der Waals surface area contributed by atoms with Gasteiger partial charge in [0, 0.05) is 6.61 Å². The standard InChI is InChI=1S/C9H19O/c1-3-4-5-6-7-8-9-10-2/h2-9H2,1H3. The smallest absolute Gasteiger partial charge is 0.0700 e. The van der Waals surface area contributed by atoms with Crippen LogP contribution in [0.4, 0.5) is 0 Å². The number of unbranched alkanes of at least 4 members (excludes halogenated alkanes) is 5. The molecule has 0 bridgehead atoms. The maximum Gasteiger partial charge on any atom is 0.0700 e. The second kappa shape index (κ2) is 8.96. The maximum atomic E-state index is 4.70. The summed E-state index contributed by atoms with van der Waals surface area (Å²) in [6, 6.07) is 0. The average Bonchev–Trinajstić information content (AvgIpc) is 1.97. The Kier molecular flexibility index (Phi) is 8.92. The quantitative estimate of drug-likeness (QED) is 0.497. The van der Waals surface area contributed by atoms with Crippen LogP contribution in [0.3, 0.4) is 0 Å². The molecule has 0 saturated carbocycles. The molecule has 0 aliphatic carbocycles. The lowest BCUT2D eigenvalue weighted by molar-refractivity contribution is 0.233. The van der Waals surface area contributed by atoms with E-state index in [2.05, 4.69) is 14.0 Å². The summed E-state index contributed by atoms with van der Waals surface area (Å²) >= 11 is 0. The molecule has 0 atom stereocenters. The van der Waals surface area contributed by atoms with Gasteiger partial charge >= 0.3 is 0 Å². The van der Waals surface area contributed by atoms with Crippen LogP contribution in [0.1, 0.15) is 45.4 Å². The molecule has 1 nitrogen and oxygen atoms in total. The van der Waals surface area contributed by atoms with E-state index in [1.807, 2.05) is 0 Å². The Morgan fingerprint density at radius 1 is 1.00 bits per heavy atom. The molecular formula is C9H19O. The fraction of sp³-hybridized carbons (Fsp3) is 0.889. The van der Waals surface area contributed by atoms with Crippen molar-refractivity contribution in [1.82, 2.24) is 0 Å². The van der Waals surface area contributed by atoms with Crippen molar-refractivity contribution in [3.8, 4) is 0 Å².